The second-order valence-corrected chi connectivity index (χ2v) is 3.71. The lowest BCUT2D eigenvalue weighted by atomic mass is 9.97. The Balaban J connectivity index is 2.37. The quantitative estimate of drug-likeness (QED) is 0.775. The molecule has 0 radical (unpaired) electrons. The van der Waals surface area contributed by atoms with Crippen molar-refractivity contribution in [3.05, 3.63) is 34.6 Å². The number of hydrogen-bond acceptors (Lipinski definition) is 3. The monoisotopic (exact) mass is 223 g/mol. The van der Waals surface area contributed by atoms with Gasteiger partial charge in [0.05, 0.1) is 12.2 Å². The van der Waals surface area contributed by atoms with Crippen molar-refractivity contribution in [1.29, 1.82) is 0 Å². The highest BCUT2D eigenvalue weighted by Gasteiger charge is 2.20. The van der Waals surface area contributed by atoms with E-state index in [0.717, 1.165) is 18.5 Å². The van der Waals surface area contributed by atoms with Crippen LogP contribution >= 0.6 is 0 Å². The fraction of sp³-hybridized carbons (Fsp3) is 0.417. The number of rotatable bonds is 2. The minimum atomic E-state index is -0.589. The Hall–Kier alpha value is -1.42. The van der Waals surface area contributed by atoms with Crippen molar-refractivity contribution in [3.63, 3.8) is 0 Å². The van der Waals surface area contributed by atoms with E-state index >= 15 is 0 Å². The van der Waals surface area contributed by atoms with Crippen LogP contribution in [0.5, 0.6) is 0 Å². The SMILES string of the molecule is CCOC(=O)c1ccc2c(c1F)CNCC2. The van der Waals surface area contributed by atoms with Crippen LogP contribution in [0.15, 0.2) is 12.1 Å². The van der Waals surface area contributed by atoms with Gasteiger partial charge in [0, 0.05) is 12.1 Å². The second kappa shape index (κ2) is 4.61. The molecule has 2 rings (SSSR count). The Labute approximate surface area is 93.6 Å². The first-order valence-electron chi connectivity index (χ1n) is 5.42. The topological polar surface area (TPSA) is 38.3 Å². The zero-order valence-corrected chi connectivity index (χ0v) is 9.18. The largest absolute Gasteiger partial charge is 0.462 e. The van der Waals surface area contributed by atoms with Gasteiger partial charge < -0.3 is 10.1 Å². The van der Waals surface area contributed by atoms with Crippen molar-refractivity contribution in [2.24, 2.45) is 0 Å². The lowest BCUT2D eigenvalue weighted by molar-refractivity contribution is 0.0520. The van der Waals surface area contributed by atoms with Crippen LogP contribution in [0.25, 0.3) is 0 Å². The lowest BCUT2D eigenvalue weighted by Gasteiger charge is -2.18. The number of esters is 1. The maximum atomic E-state index is 14.0. The van der Waals surface area contributed by atoms with Gasteiger partial charge in [0.15, 0.2) is 0 Å². The number of benzene rings is 1. The van der Waals surface area contributed by atoms with E-state index in [0.29, 0.717) is 12.1 Å². The van der Waals surface area contributed by atoms with Crippen LogP contribution in [0.4, 0.5) is 4.39 Å². The van der Waals surface area contributed by atoms with Gasteiger partial charge in [0.2, 0.25) is 0 Å². The molecule has 1 aromatic carbocycles. The van der Waals surface area contributed by atoms with E-state index in [1.807, 2.05) is 6.07 Å². The minimum absolute atomic E-state index is 0.0318. The first kappa shape index (κ1) is 11.1. The van der Waals surface area contributed by atoms with E-state index in [-0.39, 0.29) is 12.2 Å². The minimum Gasteiger partial charge on any atom is -0.462 e. The summed E-state index contributed by atoms with van der Waals surface area (Å²) in [7, 11) is 0. The van der Waals surface area contributed by atoms with Crippen molar-refractivity contribution in [1.82, 2.24) is 5.32 Å². The van der Waals surface area contributed by atoms with E-state index in [4.69, 9.17) is 4.74 Å². The van der Waals surface area contributed by atoms with Crippen molar-refractivity contribution in [2.75, 3.05) is 13.2 Å². The summed E-state index contributed by atoms with van der Waals surface area (Å²) >= 11 is 0. The molecule has 0 spiro atoms. The van der Waals surface area contributed by atoms with Crippen LogP contribution in [0.3, 0.4) is 0 Å². The van der Waals surface area contributed by atoms with Crippen molar-refractivity contribution < 1.29 is 13.9 Å². The van der Waals surface area contributed by atoms with Gasteiger partial charge in [0.25, 0.3) is 0 Å². The Morgan fingerprint density at radius 3 is 3.12 bits per heavy atom. The molecule has 1 heterocycles. The predicted octanol–water partition coefficient (Wildman–Crippen LogP) is 1.65. The highest BCUT2D eigenvalue weighted by atomic mass is 19.1. The summed E-state index contributed by atoms with van der Waals surface area (Å²) in [5.41, 5.74) is 1.60. The van der Waals surface area contributed by atoms with Crippen LogP contribution in [0.2, 0.25) is 0 Å². The van der Waals surface area contributed by atoms with Crippen LogP contribution in [-0.2, 0) is 17.7 Å². The average Bonchev–Trinajstić information content (AvgIpc) is 2.30. The molecular weight excluding hydrogens is 209 g/mol. The summed E-state index contributed by atoms with van der Waals surface area (Å²) < 4.78 is 18.8. The van der Waals surface area contributed by atoms with E-state index in [2.05, 4.69) is 5.32 Å². The summed E-state index contributed by atoms with van der Waals surface area (Å²) in [5, 5.41) is 3.09. The molecule has 0 fully saturated rings. The zero-order chi connectivity index (χ0) is 11.5. The zero-order valence-electron chi connectivity index (χ0n) is 9.18. The molecule has 4 heteroatoms. The molecule has 86 valence electrons. The third-order valence-electron chi connectivity index (χ3n) is 2.71. The fourth-order valence-corrected chi connectivity index (χ4v) is 1.89. The van der Waals surface area contributed by atoms with Gasteiger partial charge in [-0.1, -0.05) is 6.07 Å². The standard InChI is InChI=1S/C12H14FNO2/c1-2-16-12(15)9-4-3-8-5-6-14-7-10(8)11(9)13/h3-4,14H,2,5-7H2,1H3. The predicted molar refractivity (Wildman–Crippen MR) is 57.8 cm³/mol. The Kier molecular flexibility index (Phi) is 3.19. The van der Waals surface area contributed by atoms with Crippen molar-refractivity contribution in [2.45, 2.75) is 19.9 Å². The number of hydrogen-bond donors (Lipinski definition) is 1. The van der Waals surface area contributed by atoms with Crippen LogP contribution in [0, 0.1) is 5.82 Å². The molecule has 0 saturated heterocycles. The van der Waals surface area contributed by atoms with Gasteiger partial charge in [-0.2, -0.15) is 0 Å². The molecule has 0 saturated carbocycles. The molecule has 0 amide bonds. The maximum absolute atomic E-state index is 14.0. The third kappa shape index (κ3) is 1.93. The number of carbonyl (C=O) groups is 1. The van der Waals surface area contributed by atoms with Gasteiger partial charge in [-0.05, 0) is 31.5 Å². The Morgan fingerprint density at radius 1 is 1.56 bits per heavy atom. The molecule has 16 heavy (non-hydrogen) atoms. The van der Waals surface area contributed by atoms with Gasteiger partial charge in [-0.25, -0.2) is 9.18 Å². The molecule has 0 unspecified atom stereocenters. The number of halogens is 1. The lowest BCUT2D eigenvalue weighted by Crippen LogP contribution is -2.25. The summed E-state index contributed by atoms with van der Waals surface area (Å²) in [4.78, 5) is 11.5. The molecule has 1 aromatic rings. The number of nitrogens with one attached hydrogen (secondary N) is 1. The molecule has 1 aliphatic heterocycles. The van der Waals surface area contributed by atoms with Gasteiger partial charge >= 0.3 is 5.97 Å². The van der Waals surface area contributed by atoms with Gasteiger partial charge in [-0.15, -0.1) is 0 Å². The average molecular weight is 223 g/mol. The smallest absolute Gasteiger partial charge is 0.341 e. The number of ether oxygens (including phenoxy) is 1. The Bertz CT molecular complexity index is 418. The molecule has 3 nitrogen and oxygen atoms in total. The summed E-state index contributed by atoms with van der Waals surface area (Å²) in [5.74, 6) is -1.03. The van der Waals surface area contributed by atoms with Gasteiger partial charge in [-0.3, -0.25) is 0 Å². The van der Waals surface area contributed by atoms with E-state index in [1.165, 1.54) is 6.07 Å². The number of fused-ring (bicyclic) bond motifs is 1. The molecule has 0 bridgehead atoms. The summed E-state index contributed by atoms with van der Waals surface area (Å²) in [6, 6.07) is 3.32. The molecule has 1 N–H and O–H groups in total. The van der Waals surface area contributed by atoms with Gasteiger partial charge in [0.1, 0.15) is 5.82 Å². The van der Waals surface area contributed by atoms with E-state index in [1.54, 1.807) is 6.92 Å². The summed E-state index contributed by atoms with van der Waals surface area (Å²) in [6.07, 6.45) is 0.801. The van der Waals surface area contributed by atoms with E-state index < -0.39 is 11.8 Å². The fourth-order valence-electron chi connectivity index (χ4n) is 1.89. The molecule has 1 aliphatic rings. The van der Waals surface area contributed by atoms with Crippen molar-refractivity contribution >= 4 is 5.97 Å². The maximum Gasteiger partial charge on any atom is 0.341 e. The van der Waals surface area contributed by atoms with Crippen LogP contribution in [-0.4, -0.2) is 19.1 Å². The molecule has 0 atom stereocenters. The highest BCUT2D eigenvalue weighted by Crippen LogP contribution is 2.21. The van der Waals surface area contributed by atoms with Crippen molar-refractivity contribution in [3.8, 4) is 0 Å². The molecule has 0 aliphatic carbocycles. The third-order valence-corrected chi connectivity index (χ3v) is 2.71. The first-order valence-corrected chi connectivity index (χ1v) is 5.42. The molecular formula is C12H14FNO2. The summed E-state index contributed by atoms with van der Waals surface area (Å²) in [6.45, 7) is 3.29. The molecule has 0 aromatic heterocycles. The first-order chi connectivity index (χ1) is 7.74. The number of carbonyl (C=O) groups excluding carboxylic acids is 1. The highest BCUT2D eigenvalue weighted by molar-refractivity contribution is 5.90. The van der Waals surface area contributed by atoms with Crippen LogP contribution in [0.1, 0.15) is 28.4 Å². The Morgan fingerprint density at radius 2 is 2.38 bits per heavy atom. The van der Waals surface area contributed by atoms with E-state index in [9.17, 15) is 9.18 Å². The normalized spacial score (nSPS) is 14.4. The van der Waals surface area contributed by atoms with Crippen LogP contribution < -0.4 is 5.32 Å². The second-order valence-electron chi connectivity index (χ2n) is 3.71.